The molecule has 1 aromatic heterocycles. The Balaban J connectivity index is 2.06. The highest BCUT2D eigenvalue weighted by molar-refractivity contribution is 6.32. The molecule has 3 aromatic carbocycles. The van der Waals surface area contributed by atoms with Crippen molar-refractivity contribution in [1.82, 2.24) is 4.57 Å². The summed E-state index contributed by atoms with van der Waals surface area (Å²) < 4.78 is 15.6. The zero-order chi connectivity index (χ0) is 17.6. The van der Waals surface area contributed by atoms with Crippen LogP contribution in [0.5, 0.6) is 0 Å². The maximum atomic E-state index is 13.6. The molecule has 5 heteroatoms. The standard InChI is InChI=1S/C20H14ClFN2O/c21-13-7-8-15-18(10-13)24(11-12-3-1-4-14(22)9-12)17-6-2-5-16(19(15)17)20(23)25/h1-10H,11H2,(H2,23,25). The molecular weight excluding hydrogens is 339 g/mol. The van der Waals surface area contributed by atoms with Crippen LogP contribution in [0.15, 0.2) is 60.7 Å². The summed E-state index contributed by atoms with van der Waals surface area (Å²) >= 11 is 6.18. The van der Waals surface area contributed by atoms with Crippen LogP contribution in [0.25, 0.3) is 21.8 Å². The summed E-state index contributed by atoms with van der Waals surface area (Å²) in [4.78, 5) is 11.9. The van der Waals surface area contributed by atoms with Gasteiger partial charge in [0.05, 0.1) is 11.0 Å². The average Bonchev–Trinajstić information content (AvgIpc) is 2.88. The van der Waals surface area contributed by atoms with Crippen molar-refractivity contribution in [3.8, 4) is 0 Å². The number of carbonyl (C=O) groups is 1. The molecule has 1 heterocycles. The number of amides is 1. The van der Waals surface area contributed by atoms with Gasteiger partial charge in [-0.25, -0.2) is 4.39 Å². The lowest BCUT2D eigenvalue weighted by Crippen LogP contribution is -2.11. The van der Waals surface area contributed by atoms with Crippen molar-refractivity contribution in [2.24, 2.45) is 5.73 Å². The topological polar surface area (TPSA) is 48.0 Å². The van der Waals surface area contributed by atoms with Crippen molar-refractivity contribution < 1.29 is 9.18 Å². The highest BCUT2D eigenvalue weighted by atomic mass is 35.5. The van der Waals surface area contributed by atoms with Crippen LogP contribution in [0, 0.1) is 5.82 Å². The summed E-state index contributed by atoms with van der Waals surface area (Å²) in [5.41, 5.74) is 8.58. The van der Waals surface area contributed by atoms with E-state index in [4.69, 9.17) is 17.3 Å². The average molecular weight is 353 g/mol. The molecule has 1 amide bonds. The van der Waals surface area contributed by atoms with Crippen molar-refractivity contribution in [1.29, 1.82) is 0 Å². The molecule has 0 atom stereocenters. The van der Waals surface area contributed by atoms with Gasteiger partial charge in [0.25, 0.3) is 0 Å². The van der Waals surface area contributed by atoms with Gasteiger partial charge in [-0.1, -0.05) is 35.9 Å². The number of nitrogens with two attached hydrogens (primary N) is 1. The van der Waals surface area contributed by atoms with Gasteiger partial charge in [-0.15, -0.1) is 0 Å². The van der Waals surface area contributed by atoms with Crippen LogP contribution >= 0.6 is 11.6 Å². The van der Waals surface area contributed by atoms with E-state index in [1.54, 1.807) is 24.3 Å². The monoisotopic (exact) mass is 352 g/mol. The minimum atomic E-state index is -0.481. The molecule has 0 spiro atoms. The van der Waals surface area contributed by atoms with Crippen LogP contribution in [0.3, 0.4) is 0 Å². The molecule has 0 radical (unpaired) electrons. The first kappa shape index (κ1) is 15.7. The van der Waals surface area contributed by atoms with E-state index in [2.05, 4.69) is 0 Å². The Kier molecular flexibility index (Phi) is 3.70. The maximum absolute atomic E-state index is 13.6. The first-order valence-electron chi connectivity index (χ1n) is 7.79. The van der Waals surface area contributed by atoms with Crippen molar-refractivity contribution in [2.75, 3.05) is 0 Å². The van der Waals surface area contributed by atoms with E-state index in [1.165, 1.54) is 12.1 Å². The van der Waals surface area contributed by atoms with E-state index < -0.39 is 5.91 Å². The van der Waals surface area contributed by atoms with Gasteiger partial charge in [0.1, 0.15) is 5.82 Å². The molecule has 0 unspecified atom stereocenters. The van der Waals surface area contributed by atoms with E-state index in [0.717, 1.165) is 27.4 Å². The first-order chi connectivity index (χ1) is 12.0. The van der Waals surface area contributed by atoms with Gasteiger partial charge in [-0.3, -0.25) is 4.79 Å². The van der Waals surface area contributed by atoms with Crippen LogP contribution in [0.1, 0.15) is 15.9 Å². The van der Waals surface area contributed by atoms with Crippen molar-refractivity contribution in [3.63, 3.8) is 0 Å². The Morgan fingerprint density at radius 3 is 2.60 bits per heavy atom. The Hall–Kier alpha value is -2.85. The Morgan fingerprint density at radius 2 is 1.84 bits per heavy atom. The molecule has 4 aromatic rings. The van der Waals surface area contributed by atoms with Crippen LogP contribution < -0.4 is 5.73 Å². The number of rotatable bonds is 3. The number of aromatic nitrogens is 1. The largest absolute Gasteiger partial charge is 0.366 e. The van der Waals surface area contributed by atoms with Gasteiger partial charge in [0.2, 0.25) is 5.91 Å². The van der Waals surface area contributed by atoms with E-state index in [-0.39, 0.29) is 5.82 Å². The zero-order valence-electron chi connectivity index (χ0n) is 13.2. The quantitative estimate of drug-likeness (QED) is 0.569. The number of nitrogens with zero attached hydrogens (tertiary/aromatic N) is 1. The van der Waals surface area contributed by atoms with Crippen molar-refractivity contribution in [3.05, 3.63) is 82.6 Å². The summed E-state index contributed by atoms with van der Waals surface area (Å²) in [5, 5.41) is 2.28. The fourth-order valence-electron chi connectivity index (χ4n) is 3.31. The summed E-state index contributed by atoms with van der Waals surface area (Å²) in [5.74, 6) is -0.764. The summed E-state index contributed by atoms with van der Waals surface area (Å²) in [6.07, 6.45) is 0. The Morgan fingerprint density at radius 1 is 1.04 bits per heavy atom. The second-order valence-electron chi connectivity index (χ2n) is 5.94. The van der Waals surface area contributed by atoms with Crippen LogP contribution in [0.4, 0.5) is 4.39 Å². The maximum Gasteiger partial charge on any atom is 0.249 e. The molecule has 0 saturated heterocycles. The lowest BCUT2D eigenvalue weighted by molar-refractivity contribution is 0.100. The molecule has 0 bridgehead atoms. The minimum Gasteiger partial charge on any atom is -0.366 e. The number of primary amides is 1. The highest BCUT2D eigenvalue weighted by Gasteiger charge is 2.16. The molecule has 0 aliphatic heterocycles. The molecular formula is C20H14ClFN2O. The number of benzene rings is 3. The third-order valence-electron chi connectivity index (χ3n) is 4.35. The predicted octanol–water partition coefficient (Wildman–Crippen LogP) is 4.73. The molecule has 3 nitrogen and oxygen atoms in total. The van der Waals surface area contributed by atoms with Crippen molar-refractivity contribution >= 4 is 39.3 Å². The van der Waals surface area contributed by atoms with E-state index in [9.17, 15) is 9.18 Å². The summed E-state index contributed by atoms with van der Waals surface area (Å²) in [7, 11) is 0. The van der Waals surface area contributed by atoms with Crippen LogP contribution in [0.2, 0.25) is 5.02 Å². The zero-order valence-corrected chi connectivity index (χ0v) is 13.9. The molecule has 25 heavy (non-hydrogen) atoms. The second-order valence-corrected chi connectivity index (χ2v) is 6.38. The van der Waals surface area contributed by atoms with Gasteiger partial charge in [-0.2, -0.15) is 0 Å². The highest BCUT2D eigenvalue weighted by Crippen LogP contribution is 2.33. The third-order valence-corrected chi connectivity index (χ3v) is 4.58. The lowest BCUT2D eigenvalue weighted by Gasteiger charge is -2.08. The van der Waals surface area contributed by atoms with Gasteiger partial charge in [0.15, 0.2) is 0 Å². The number of carbonyl (C=O) groups excluding carboxylic acids is 1. The van der Waals surface area contributed by atoms with E-state index in [1.807, 2.05) is 28.8 Å². The molecule has 124 valence electrons. The molecule has 0 aliphatic rings. The first-order valence-corrected chi connectivity index (χ1v) is 8.17. The predicted molar refractivity (Wildman–Crippen MR) is 98.5 cm³/mol. The van der Waals surface area contributed by atoms with Crippen LogP contribution in [-0.4, -0.2) is 10.5 Å². The Bertz CT molecular complexity index is 1130. The second kappa shape index (κ2) is 5.90. The lowest BCUT2D eigenvalue weighted by atomic mass is 10.1. The Labute approximate surface area is 148 Å². The SMILES string of the molecule is NC(=O)c1cccc2c1c1ccc(Cl)cc1n2Cc1cccc(F)c1. The fraction of sp³-hybridized carbons (Fsp3) is 0.0500. The third kappa shape index (κ3) is 2.65. The van der Waals surface area contributed by atoms with Gasteiger partial charge in [-0.05, 0) is 42.0 Å². The number of hydrogen-bond donors (Lipinski definition) is 1. The summed E-state index contributed by atoms with van der Waals surface area (Å²) in [6, 6.07) is 17.4. The van der Waals surface area contributed by atoms with Crippen molar-refractivity contribution in [2.45, 2.75) is 6.54 Å². The van der Waals surface area contributed by atoms with Gasteiger partial charge < -0.3 is 10.3 Å². The van der Waals surface area contributed by atoms with Gasteiger partial charge >= 0.3 is 0 Å². The number of halogens is 2. The number of hydrogen-bond acceptors (Lipinski definition) is 1. The summed E-state index contributed by atoms with van der Waals surface area (Å²) in [6.45, 7) is 0.459. The fourth-order valence-corrected chi connectivity index (χ4v) is 3.48. The molecule has 2 N–H and O–H groups in total. The molecule has 0 saturated carbocycles. The van der Waals surface area contributed by atoms with Gasteiger partial charge in [0, 0.05) is 27.9 Å². The molecule has 0 aliphatic carbocycles. The van der Waals surface area contributed by atoms with E-state index >= 15 is 0 Å². The van der Waals surface area contributed by atoms with E-state index in [0.29, 0.717) is 17.1 Å². The molecule has 0 fully saturated rings. The molecule has 4 rings (SSSR count). The van der Waals surface area contributed by atoms with Crippen LogP contribution in [-0.2, 0) is 6.54 Å². The number of fused-ring (bicyclic) bond motifs is 3. The minimum absolute atomic E-state index is 0.283. The normalized spacial score (nSPS) is 11.3. The smallest absolute Gasteiger partial charge is 0.249 e.